The average Bonchev–Trinajstić information content (AvgIpc) is 2.03. The second-order valence-electron chi connectivity index (χ2n) is 2.88. The van der Waals surface area contributed by atoms with Crippen molar-refractivity contribution in [2.45, 2.75) is 20.3 Å². The molecule has 0 aliphatic carbocycles. The minimum Gasteiger partial charge on any atom is -0.258 e. The van der Waals surface area contributed by atoms with Crippen molar-refractivity contribution in [1.29, 1.82) is 0 Å². The van der Waals surface area contributed by atoms with Gasteiger partial charge in [0.25, 0.3) is 0 Å². The molecule has 1 nitrogen and oxygen atoms in total. The number of pyridine rings is 1. The molecule has 1 aromatic heterocycles. The molecule has 0 bridgehead atoms. The third kappa shape index (κ3) is 3.48. The third-order valence-corrected chi connectivity index (χ3v) is 1.72. The van der Waals surface area contributed by atoms with E-state index in [0.717, 1.165) is 23.4 Å². The Morgan fingerprint density at radius 1 is 1.31 bits per heavy atom. The van der Waals surface area contributed by atoms with Crippen molar-refractivity contribution in [2.75, 3.05) is 5.88 Å². The molecule has 1 heterocycles. The van der Waals surface area contributed by atoms with E-state index in [1.54, 1.807) is 0 Å². The first-order chi connectivity index (χ1) is 6.22. The van der Waals surface area contributed by atoms with Crippen molar-refractivity contribution >= 4 is 11.6 Å². The standard InChI is InChI=1S/C11H12ClN/c1-9-7-11(5-3-4-6-12)8-10(2)13-9/h7-8H,4,6H2,1-2H3. The first-order valence-electron chi connectivity index (χ1n) is 4.22. The maximum absolute atomic E-state index is 5.52. The zero-order chi connectivity index (χ0) is 9.68. The average molecular weight is 194 g/mol. The van der Waals surface area contributed by atoms with Crippen molar-refractivity contribution in [3.8, 4) is 11.8 Å². The van der Waals surface area contributed by atoms with E-state index in [0.29, 0.717) is 5.88 Å². The van der Waals surface area contributed by atoms with Crippen LogP contribution >= 0.6 is 11.6 Å². The molecule has 68 valence electrons. The van der Waals surface area contributed by atoms with E-state index < -0.39 is 0 Å². The molecule has 0 aromatic carbocycles. The van der Waals surface area contributed by atoms with Crippen LogP contribution in [-0.2, 0) is 0 Å². The quantitative estimate of drug-likeness (QED) is 0.494. The van der Waals surface area contributed by atoms with Gasteiger partial charge >= 0.3 is 0 Å². The summed E-state index contributed by atoms with van der Waals surface area (Å²) in [4.78, 5) is 4.27. The maximum atomic E-state index is 5.52. The van der Waals surface area contributed by atoms with Crippen LogP contribution in [0.2, 0.25) is 0 Å². The van der Waals surface area contributed by atoms with Crippen LogP contribution in [0.25, 0.3) is 0 Å². The Hall–Kier alpha value is -1.00. The molecule has 0 amide bonds. The van der Waals surface area contributed by atoms with Crippen LogP contribution in [0.3, 0.4) is 0 Å². The van der Waals surface area contributed by atoms with Crippen molar-refractivity contribution < 1.29 is 0 Å². The van der Waals surface area contributed by atoms with E-state index in [1.807, 2.05) is 26.0 Å². The second kappa shape index (κ2) is 4.89. The maximum Gasteiger partial charge on any atom is 0.0388 e. The molecule has 0 atom stereocenters. The zero-order valence-electron chi connectivity index (χ0n) is 7.89. The van der Waals surface area contributed by atoms with Gasteiger partial charge in [0.2, 0.25) is 0 Å². The normalized spacial score (nSPS) is 9.15. The lowest BCUT2D eigenvalue weighted by atomic mass is 10.2. The fraction of sp³-hybridized carbons (Fsp3) is 0.364. The first-order valence-corrected chi connectivity index (χ1v) is 4.76. The summed E-state index contributed by atoms with van der Waals surface area (Å²) in [5, 5.41) is 0. The zero-order valence-corrected chi connectivity index (χ0v) is 8.65. The molecule has 0 N–H and O–H groups in total. The molecule has 0 radical (unpaired) electrons. The topological polar surface area (TPSA) is 12.9 Å². The van der Waals surface area contributed by atoms with Crippen LogP contribution in [0.5, 0.6) is 0 Å². The Morgan fingerprint density at radius 3 is 2.46 bits per heavy atom. The van der Waals surface area contributed by atoms with Crippen LogP contribution in [0.4, 0.5) is 0 Å². The van der Waals surface area contributed by atoms with Gasteiger partial charge < -0.3 is 0 Å². The minimum atomic E-state index is 0.593. The van der Waals surface area contributed by atoms with Gasteiger partial charge in [0.15, 0.2) is 0 Å². The molecule has 0 aliphatic rings. The predicted octanol–water partition coefficient (Wildman–Crippen LogP) is 2.68. The Morgan fingerprint density at radius 2 is 1.92 bits per heavy atom. The summed E-state index contributed by atoms with van der Waals surface area (Å²) in [5.41, 5.74) is 3.04. The van der Waals surface area contributed by atoms with E-state index in [9.17, 15) is 0 Å². The molecule has 0 unspecified atom stereocenters. The van der Waals surface area contributed by atoms with E-state index in [-0.39, 0.29) is 0 Å². The Kier molecular flexibility index (Phi) is 3.79. The lowest BCUT2D eigenvalue weighted by molar-refractivity contribution is 1.12. The predicted molar refractivity (Wildman–Crippen MR) is 55.9 cm³/mol. The van der Waals surface area contributed by atoms with Crippen molar-refractivity contribution in [3.05, 3.63) is 29.1 Å². The van der Waals surface area contributed by atoms with Gasteiger partial charge in [-0.2, -0.15) is 0 Å². The van der Waals surface area contributed by atoms with Crippen LogP contribution in [0.15, 0.2) is 12.1 Å². The Labute approximate surface area is 84.1 Å². The summed E-state index contributed by atoms with van der Waals surface area (Å²) in [6.07, 6.45) is 0.738. The highest BCUT2D eigenvalue weighted by molar-refractivity contribution is 6.18. The summed E-state index contributed by atoms with van der Waals surface area (Å²) in [6.45, 7) is 3.94. The summed E-state index contributed by atoms with van der Waals surface area (Å²) < 4.78 is 0. The molecular weight excluding hydrogens is 182 g/mol. The molecule has 0 fully saturated rings. The third-order valence-electron chi connectivity index (χ3n) is 1.53. The van der Waals surface area contributed by atoms with Gasteiger partial charge in [-0.1, -0.05) is 11.8 Å². The van der Waals surface area contributed by atoms with Gasteiger partial charge in [0, 0.05) is 29.3 Å². The van der Waals surface area contributed by atoms with Gasteiger partial charge in [-0.05, 0) is 26.0 Å². The minimum absolute atomic E-state index is 0.593. The summed E-state index contributed by atoms with van der Waals surface area (Å²) in [5.74, 6) is 6.64. The molecular formula is C11H12ClN. The number of hydrogen-bond acceptors (Lipinski definition) is 1. The Balaban J connectivity index is 2.85. The number of halogens is 1. The lowest BCUT2D eigenvalue weighted by Crippen LogP contribution is -1.87. The van der Waals surface area contributed by atoms with Gasteiger partial charge in [-0.15, -0.1) is 11.6 Å². The molecule has 0 aliphatic heterocycles. The van der Waals surface area contributed by atoms with Gasteiger partial charge in [0.1, 0.15) is 0 Å². The number of hydrogen-bond donors (Lipinski definition) is 0. The molecule has 13 heavy (non-hydrogen) atoms. The van der Waals surface area contributed by atoms with Gasteiger partial charge in [-0.3, -0.25) is 4.98 Å². The van der Waals surface area contributed by atoms with E-state index in [4.69, 9.17) is 11.6 Å². The fourth-order valence-corrected chi connectivity index (χ4v) is 1.21. The monoisotopic (exact) mass is 193 g/mol. The number of nitrogens with zero attached hydrogens (tertiary/aromatic N) is 1. The molecule has 1 rings (SSSR count). The number of rotatable bonds is 1. The SMILES string of the molecule is Cc1cc(C#CCCCl)cc(C)n1. The van der Waals surface area contributed by atoms with Crippen molar-refractivity contribution in [3.63, 3.8) is 0 Å². The van der Waals surface area contributed by atoms with E-state index in [1.165, 1.54) is 0 Å². The highest BCUT2D eigenvalue weighted by Crippen LogP contribution is 2.03. The first kappa shape index (κ1) is 10.1. The van der Waals surface area contributed by atoms with Crippen LogP contribution in [0, 0.1) is 25.7 Å². The number of aromatic nitrogens is 1. The lowest BCUT2D eigenvalue weighted by Gasteiger charge is -1.96. The van der Waals surface area contributed by atoms with Crippen LogP contribution < -0.4 is 0 Å². The number of aryl methyl sites for hydroxylation is 2. The van der Waals surface area contributed by atoms with Crippen LogP contribution in [0.1, 0.15) is 23.4 Å². The van der Waals surface area contributed by atoms with E-state index >= 15 is 0 Å². The fourth-order valence-electron chi connectivity index (χ4n) is 1.12. The van der Waals surface area contributed by atoms with Crippen LogP contribution in [-0.4, -0.2) is 10.9 Å². The molecule has 0 spiro atoms. The van der Waals surface area contributed by atoms with E-state index in [2.05, 4.69) is 16.8 Å². The molecule has 0 saturated carbocycles. The largest absolute Gasteiger partial charge is 0.258 e. The van der Waals surface area contributed by atoms with Crippen molar-refractivity contribution in [2.24, 2.45) is 0 Å². The highest BCUT2D eigenvalue weighted by atomic mass is 35.5. The smallest absolute Gasteiger partial charge is 0.0388 e. The second-order valence-corrected chi connectivity index (χ2v) is 3.26. The highest BCUT2D eigenvalue weighted by Gasteiger charge is 1.92. The molecule has 1 aromatic rings. The molecule has 2 heteroatoms. The summed E-state index contributed by atoms with van der Waals surface area (Å²) in [7, 11) is 0. The summed E-state index contributed by atoms with van der Waals surface area (Å²) >= 11 is 5.52. The Bertz CT molecular complexity index is 327. The summed E-state index contributed by atoms with van der Waals surface area (Å²) in [6, 6.07) is 3.96. The number of alkyl halides is 1. The molecule has 0 saturated heterocycles. The van der Waals surface area contributed by atoms with Gasteiger partial charge in [0.05, 0.1) is 0 Å². The van der Waals surface area contributed by atoms with Gasteiger partial charge in [-0.25, -0.2) is 0 Å². The van der Waals surface area contributed by atoms with Crippen molar-refractivity contribution in [1.82, 2.24) is 4.98 Å².